The second-order valence-electron chi connectivity index (χ2n) is 8.14. The molecule has 0 aromatic carbocycles. The van der Waals surface area contributed by atoms with Crippen molar-refractivity contribution in [3.8, 4) is 0 Å². The molecule has 6 nitrogen and oxygen atoms in total. The van der Waals surface area contributed by atoms with E-state index in [4.69, 9.17) is 9.47 Å². The first kappa shape index (κ1) is 23.7. The minimum absolute atomic E-state index is 0.0412. The first-order valence-electron chi connectivity index (χ1n) is 8.76. The van der Waals surface area contributed by atoms with E-state index in [1.54, 1.807) is 13.8 Å². The number of ketones is 2. The molecular weight excluding hydrogens is 324 g/mol. The van der Waals surface area contributed by atoms with Gasteiger partial charge in [-0.1, -0.05) is 34.6 Å². The van der Waals surface area contributed by atoms with Gasteiger partial charge in [-0.2, -0.15) is 0 Å². The molecule has 0 amide bonds. The Hall–Kier alpha value is -1.27. The van der Waals surface area contributed by atoms with Gasteiger partial charge in [-0.15, -0.1) is 0 Å². The first-order valence-corrected chi connectivity index (χ1v) is 8.76. The van der Waals surface area contributed by atoms with Crippen molar-refractivity contribution in [1.82, 2.24) is 0 Å². The lowest BCUT2D eigenvalue weighted by Crippen LogP contribution is -2.39. The Kier molecular flexibility index (Phi) is 9.51. The fraction of sp³-hybridized carbons (Fsp3) is 0.842. The van der Waals surface area contributed by atoms with E-state index in [0.717, 1.165) is 0 Å². The molecule has 0 rings (SSSR count). The van der Waals surface area contributed by atoms with Crippen LogP contribution in [0.3, 0.4) is 0 Å². The summed E-state index contributed by atoms with van der Waals surface area (Å²) in [6, 6.07) is 0. The Morgan fingerprint density at radius 1 is 1.04 bits per heavy atom. The predicted octanol–water partition coefficient (Wildman–Crippen LogP) is 2.61. The second-order valence-corrected chi connectivity index (χ2v) is 8.14. The van der Waals surface area contributed by atoms with E-state index in [1.165, 1.54) is 20.8 Å². The van der Waals surface area contributed by atoms with Gasteiger partial charge >= 0.3 is 5.97 Å². The normalized spacial score (nSPS) is 18.0. The summed E-state index contributed by atoms with van der Waals surface area (Å²) in [5.41, 5.74) is -0.0412. The standard InChI is InChI=1S/C19H34O6/c1-11(16(14(4)20)15(5)21)12(2)17(22)13(3)18(23)25-10-24-9-19(6,7)8/h11-14,16,20H,9-10H2,1-8H3. The Labute approximate surface area is 151 Å². The third-order valence-corrected chi connectivity index (χ3v) is 4.39. The van der Waals surface area contributed by atoms with Crippen LogP contribution in [0.1, 0.15) is 55.4 Å². The van der Waals surface area contributed by atoms with Gasteiger partial charge in [0, 0.05) is 11.8 Å². The van der Waals surface area contributed by atoms with Gasteiger partial charge in [0.15, 0.2) is 6.79 Å². The summed E-state index contributed by atoms with van der Waals surface area (Å²) >= 11 is 0. The zero-order valence-electron chi connectivity index (χ0n) is 16.8. The average Bonchev–Trinajstić information content (AvgIpc) is 2.47. The first-order chi connectivity index (χ1) is 11.3. The molecule has 0 saturated heterocycles. The molecule has 146 valence electrons. The Bertz CT molecular complexity index is 463. The van der Waals surface area contributed by atoms with Crippen molar-refractivity contribution in [3.63, 3.8) is 0 Å². The third kappa shape index (κ3) is 8.10. The summed E-state index contributed by atoms with van der Waals surface area (Å²) in [4.78, 5) is 36.3. The van der Waals surface area contributed by atoms with E-state index in [1.807, 2.05) is 20.8 Å². The van der Waals surface area contributed by atoms with Crippen LogP contribution in [0.5, 0.6) is 0 Å². The maximum Gasteiger partial charge on any atom is 0.318 e. The van der Waals surface area contributed by atoms with E-state index < -0.39 is 29.8 Å². The Balaban J connectivity index is 4.69. The highest BCUT2D eigenvalue weighted by atomic mass is 16.7. The summed E-state index contributed by atoms with van der Waals surface area (Å²) in [7, 11) is 0. The van der Waals surface area contributed by atoms with Crippen LogP contribution in [0.4, 0.5) is 0 Å². The lowest BCUT2D eigenvalue weighted by atomic mass is 9.75. The van der Waals surface area contributed by atoms with E-state index in [2.05, 4.69) is 0 Å². The number of carbonyl (C=O) groups excluding carboxylic acids is 3. The number of hydrogen-bond donors (Lipinski definition) is 1. The molecule has 5 unspecified atom stereocenters. The van der Waals surface area contributed by atoms with Gasteiger partial charge in [-0.3, -0.25) is 14.4 Å². The largest absolute Gasteiger partial charge is 0.438 e. The summed E-state index contributed by atoms with van der Waals surface area (Å²) < 4.78 is 10.3. The number of esters is 1. The summed E-state index contributed by atoms with van der Waals surface area (Å²) in [6.07, 6.45) is -0.851. The highest BCUT2D eigenvalue weighted by Gasteiger charge is 2.37. The molecule has 0 aromatic rings. The monoisotopic (exact) mass is 358 g/mol. The topological polar surface area (TPSA) is 89.9 Å². The predicted molar refractivity (Wildman–Crippen MR) is 94.7 cm³/mol. The van der Waals surface area contributed by atoms with Crippen LogP contribution in [-0.2, 0) is 23.9 Å². The Morgan fingerprint density at radius 2 is 1.56 bits per heavy atom. The number of carbonyl (C=O) groups is 3. The smallest absolute Gasteiger partial charge is 0.318 e. The molecular formula is C19H34O6. The van der Waals surface area contributed by atoms with Gasteiger partial charge < -0.3 is 14.6 Å². The van der Waals surface area contributed by atoms with Crippen LogP contribution < -0.4 is 0 Å². The highest BCUT2D eigenvalue weighted by molar-refractivity contribution is 6.00. The molecule has 0 spiro atoms. The molecule has 0 aliphatic rings. The van der Waals surface area contributed by atoms with Gasteiger partial charge in [0.05, 0.1) is 12.7 Å². The second kappa shape index (κ2) is 10.0. The number of rotatable bonds is 10. The number of Topliss-reactive ketones (excluding diaryl/α,β-unsaturated/α-hetero) is 2. The van der Waals surface area contributed by atoms with Crippen molar-refractivity contribution in [2.45, 2.75) is 61.5 Å². The molecule has 0 aromatic heterocycles. The molecule has 0 aliphatic heterocycles. The zero-order chi connectivity index (χ0) is 19.9. The van der Waals surface area contributed by atoms with E-state index in [9.17, 15) is 19.5 Å². The highest BCUT2D eigenvalue weighted by Crippen LogP contribution is 2.27. The van der Waals surface area contributed by atoms with Crippen molar-refractivity contribution >= 4 is 17.5 Å². The lowest BCUT2D eigenvalue weighted by molar-refractivity contribution is -0.165. The van der Waals surface area contributed by atoms with Crippen LogP contribution in [0.25, 0.3) is 0 Å². The van der Waals surface area contributed by atoms with Crippen LogP contribution in [0.15, 0.2) is 0 Å². The fourth-order valence-electron chi connectivity index (χ4n) is 2.80. The number of ether oxygens (including phenoxy) is 2. The Morgan fingerprint density at radius 3 is 1.96 bits per heavy atom. The van der Waals surface area contributed by atoms with Gasteiger partial charge in [-0.25, -0.2) is 0 Å². The number of aliphatic hydroxyl groups is 1. The lowest BCUT2D eigenvalue weighted by Gasteiger charge is -2.29. The minimum atomic E-state index is -0.947. The average molecular weight is 358 g/mol. The molecule has 1 N–H and O–H groups in total. The van der Waals surface area contributed by atoms with E-state index >= 15 is 0 Å². The maximum absolute atomic E-state index is 12.5. The van der Waals surface area contributed by atoms with Gasteiger partial charge in [0.25, 0.3) is 0 Å². The molecule has 0 bridgehead atoms. The van der Waals surface area contributed by atoms with Crippen molar-refractivity contribution in [3.05, 3.63) is 0 Å². The number of hydrogen-bond acceptors (Lipinski definition) is 6. The van der Waals surface area contributed by atoms with Gasteiger partial charge in [-0.05, 0) is 32.1 Å². The fourth-order valence-corrected chi connectivity index (χ4v) is 2.80. The van der Waals surface area contributed by atoms with Crippen LogP contribution in [0.2, 0.25) is 0 Å². The van der Waals surface area contributed by atoms with Crippen molar-refractivity contribution in [1.29, 1.82) is 0 Å². The van der Waals surface area contributed by atoms with Crippen LogP contribution >= 0.6 is 0 Å². The van der Waals surface area contributed by atoms with Gasteiger partial charge in [0.2, 0.25) is 0 Å². The van der Waals surface area contributed by atoms with Gasteiger partial charge in [0.1, 0.15) is 17.5 Å². The quantitative estimate of drug-likeness (QED) is 0.279. The van der Waals surface area contributed by atoms with E-state index in [-0.39, 0.29) is 29.7 Å². The molecule has 0 saturated carbocycles. The SMILES string of the molecule is CC(=O)C(C(C)O)C(C)C(C)C(=O)C(C)C(=O)OCOCC(C)(C)C. The minimum Gasteiger partial charge on any atom is -0.438 e. The van der Waals surface area contributed by atoms with E-state index in [0.29, 0.717) is 6.61 Å². The van der Waals surface area contributed by atoms with Crippen molar-refractivity contribution in [2.75, 3.05) is 13.4 Å². The molecule has 0 heterocycles. The van der Waals surface area contributed by atoms with Crippen molar-refractivity contribution < 1.29 is 29.0 Å². The summed E-state index contributed by atoms with van der Waals surface area (Å²) in [6.45, 7) is 14.1. The maximum atomic E-state index is 12.5. The molecule has 0 aliphatic carbocycles. The number of aliphatic hydroxyl groups excluding tert-OH is 1. The van der Waals surface area contributed by atoms with Crippen LogP contribution in [-0.4, -0.2) is 42.1 Å². The summed E-state index contributed by atoms with van der Waals surface area (Å²) in [5.74, 6) is -3.64. The molecule has 25 heavy (non-hydrogen) atoms. The zero-order valence-corrected chi connectivity index (χ0v) is 16.8. The molecule has 6 heteroatoms. The third-order valence-electron chi connectivity index (χ3n) is 4.39. The molecule has 0 fully saturated rings. The molecule has 0 radical (unpaired) electrons. The van der Waals surface area contributed by atoms with Crippen LogP contribution in [0, 0.1) is 29.1 Å². The molecule has 5 atom stereocenters. The summed E-state index contributed by atoms with van der Waals surface area (Å²) in [5, 5.41) is 9.80. The van der Waals surface area contributed by atoms with Crippen molar-refractivity contribution in [2.24, 2.45) is 29.1 Å².